The second-order valence-corrected chi connectivity index (χ2v) is 12.8. The molecule has 0 saturated carbocycles. The highest BCUT2D eigenvalue weighted by Crippen LogP contribution is 2.17. The molecule has 0 aliphatic rings. The molecule has 0 amide bonds. The van der Waals surface area contributed by atoms with Crippen molar-refractivity contribution in [3.05, 3.63) is 0 Å². The Morgan fingerprint density at radius 1 is 0.800 bits per heavy atom. The first-order valence-corrected chi connectivity index (χ1v) is 14.2. The largest absolute Gasteiger partial charge is 0.269 e. The van der Waals surface area contributed by atoms with Crippen molar-refractivity contribution in [2.24, 2.45) is 0 Å². The number of hydrogen-bond acceptors (Lipinski definition) is 9. The molecule has 15 heteroatoms. The van der Waals surface area contributed by atoms with Gasteiger partial charge in [-0.05, 0) is 10.2 Å². The van der Waals surface area contributed by atoms with Crippen LogP contribution in [0.4, 0.5) is 0 Å². The van der Waals surface area contributed by atoms with Crippen molar-refractivity contribution in [3.63, 3.8) is 0 Å². The van der Waals surface area contributed by atoms with Gasteiger partial charge in [0.15, 0.2) is 0 Å². The molecule has 0 spiro atoms. The summed E-state index contributed by atoms with van der Waals surface area (Å²) in [6.07, 6.45) is 3.18. The Bertz CT molecular complexity index is 812. The fourth-order valence-corrected chi connectivity index (χ4v) is 7.65. The third-order valence-corrected chi connectivity index (χ3v) is 8.40. The third kappa shape index (κ3) is 9.25. The van der Waals surface area contributed by atoms with Gasteiger partial charge in [0, 0.05) is 0 Å². The zero-order valence-electron chi connectivity index (χ0n) is 14.4. The summed E-state index contributed by atoms with van der Waals surface area (Å²) in [5.41, 5.74) is 0. The number of nitrogens with zero attached hydrogens (tertiary/aromatic N) is 2. The highest BCUT2D eigenvalue weighted by atomic mass is 32.3. The molecular formula is C10H24N2O9S4. The fraction of sp³-hybridized carbons (Fsp3) is 1.00. The number of unbranched alkanes of at least 4 members (excludes halogenated alkanes) is 2. The van der Waals surface area contributed by atoms with Gasteiger partial charge >= 0.3 is 0 Å². The lowest BCUT2D eigenvalue weighted by atomic mass is 10.3. The van der Waals surface area contributed by atoms with Crippen molar-refractivity contribution in [3.8, 4) is 0 Å². The van der Waals surface area contributed by atoms with E-state index < -0.39 is 59.1 Å². The fourth-order valence-electron chi connectivity index (χ4n) is 1.81. The summed E-state index contributed by atoms with van der Waals surface area (Å²) < 4.78 is 98.5. The van der Waals surface area contributed by atoms with E-state index in [4.69, 9.17) is 0 Å². The zero-order chi connectivity index (χ0) is 20.1. The molecule has 0 atom stereocenters. The summed E-state index contributed by atoms with van der Waals surface area (Å²) >= 11 is 0. The molecule has 0 aromatic carbocycles. The standard InChI is InChI=1S/C10H24N2O9S4/c1-5-6-7-10-25(19,20)11(8-9-21-24(4,17)18)12(22(2,13)14)23(3,15)16/h5-10H2,1-4H3. The Labute approximate surface area is 150 Å². The molecule has 0 aliphatic heterocycles. The second-order valence-electron chi connectivity index (χ2n) is 5.30. The number of hydrazine groups is 1. The summed E-state index contributed by atoms with van der Waals surface area (Å²) in [4.78, 5) is 0. The van der Waals surface area contributed by atoms with Crippen molar-refractivity contribution in [2.45, 2.75) is 26.2 Å². The molecule has 0 unspecified atom stereocenters. The summed E-state index contributed by atoms with van der Waals surface area (Å²) in [5, 5.41) is 0. The van der Waals surface area contributed by atoms with E-state index in [1.807, 2.05) is 6.92 Å². The first kappa shape index (κ1) is 24.7. The maximum atomic E-state index is 12.4. The van der Waals surface area contributed by atoms with Gasteiger partial charge in [-0.15, -0.1) is 4.41 Å². The van der Waals surface area contributed by atoms with E-state index in [0.717, 1.165) is 6.26 Å². The van der Waals surface area contributed by atoms with Gasteiger partial charge in [0.1, 0.15) is 0 Å². The first-order valence-electron chi connectivity index (χ1n) is 7.07. The van der Waals surface area contributed by atoms with Crippen LogP contribution in [0, 0.1) is 0 Å². The highest BCUT2D eigenvalue weighted by molar-refractivity contribution is 8.04. The van der Waals surface area contributed by atoms with Crippen LogP contribution in [0.2, 0.25) is 0 Å². The van der Waals surface area contributed by atoms with Crippen LogP contribution in [-0.2, 0) is 44.4 Å². The van der Waals surface area contributed by atoms with Crippen molar-refractivity contribution >= 4 is 40.2 Å². The van der Waals surface area contributed by atoms with E-state index in [1.165, 1.54) is 0 Å². The van der Waals surface area contributed by atoms with Gasteiger partial charge in [-0.1, -0.05) is 19.8 Å². The molecule has 0 fully saturated rings. The zero-order valence-corrected chi connectivity index (χ0v) is 17.7. The predicted molar refractivity (Wildman–Crippen MR) is 92.3 cm³/mol. The SMILES string of the molecule is CCCCCS(=O)(=O)N(CCOS(C)(=O)=O)N(S(C)(=O)=O)S(C)(=O)=O. The topological polar surface area (TPSA) is 152 Å². The summed E-state index contributed by atoms with van der Waals surface area (Å²) in [7, 11) is -17.3. The summed E-state index contributed by atoms with van der Waals surface area (Å²) in [6.45, 7) is 0.276. The molecule has 0 bridgehead atoms. The molecule has 0 radical (unpaired) electrons. The Balaban J connectivity index is 5.87. The lowest BCUT2D eigenvalue weighted by Gasteiger charge is -2.29. The van der Waals surface area contributed by atoms with Crippen LogP contribution in [0.5, 0.6) is 0 Å². The Kier molecular flexibility index (Phi) is 8.94. The van der Waals surface area contributed by atoms with Crippen molar-refractivity contribution in [2.75, 3.05) is 37.7 Å². The van der Waals surface area contributed by atoms with Gasteiger partial charge in [-0.2, -0.15) is 8.42 Å². The third-order valence-electron chi connectivity index (χ3n) is 2.66. The molecule has 25 heavy (non-hydrogen) atoms. The van der Waals surface area contributed by atoms with E-state index in [1.54, 1.807) is 0 Å². The van der Waals surface area contributed by atoms with Crippen LogP contribution in [0.3, 0.4) is 0 Å². The van der Waals surface area contributed by atoms with E-state index in [0.29, 0.717) is 25.4 Å². The first-order chi connectivity index (χ1) is 11.0. The van der Waals surface area contributed by atoms with Crippen molar-refractivity contribution < 1.29 is 37.9 Å². The molecule has 152 valence electrons. The number of hydrogen-bond donors (Lipinski definition) is 0. The van der Waals surface area contributed by atoms with Crippen LogP contribution < -0.4 is 0 Å². The summed E-state index contributed by atoms with van der Waals surface area (Å²) in [6, 6.07) is 0. The van der Waals surface area contributed by atoms with Crippen LogP contribution >= 0.6 is 0 Å². The average Bonchev–Trinajstić information content (AvgIpc) is 2.32. The van der Waals surface area contributed by atoms with Crippen LogP contribution in [0.15, 0.2) is 0 Å². The van der Waals surface area contributed by atoms with Crippen LogP contribution in [0.1, 0.15) is 26.2 Å². The summed E-state index contributed by atoms with van der Waals surface area (Å²) in [5.74, 6) is -0.499. The second kappa shape index (κ2) is 9.05. The Hall–Kier alpha value is -0.320. The van der Waals surface area contributed by atoms with Crippen LogP contribution in [-0.4, -0.2) is 79.6 Å². The quantitative estimate of drug-likeness (QED) is 0.208. The molecule has 0 aliphatic carbocycles. The minimum atomic E-state index is -4.51. The van der Waals surface area contributed by atoms with Gasteiger partial charge in [0.05, 0.1) is 37.7 Å². The maximum Gasteiger partial charge on any atom is 0.264 e. The predicted octanol–water partition coefficient (Wildman–Crippen LogP) is -1.08. The Morgan fingerprint density at radius 2 is 1.28 bits per heavy atom. The molecular weight excluding hydrogens is 420 g/mol. The smallest absolute Gasteiger partial charge is 0.264 e. The molecule has 0 aromatic heterocycles. The Morgan fingerprint density at radius 3 is 1.64 bits per heavy atom. The molecule has 11 nitrogen and oxygen atoms in total. The number of rotatable bonds is 12. The molecule has 0 rings (SSSR count). The maximum absolute atomic E-state index is 12.4. The minimum Gasteiger partial charge on any atom is -0.269 e. The highest BCUT2D eigenvalue weighted by Gasteiger charge is 2.40. The lowest BCUT2D eigenvalue weighted by molar-refractivity contribution is 0.207. The monoisotopic (exact) mass is 444 g/mol. The minimum absolute atomic E-state index is 0.124. The van der Waals surface area contributed by atoms with Gasteiger partial charge in [0.2, 0.25) is 30.1 Å². The molecule has 0 heterocycles. The van der Waals surface area contributed by atoms with Crippen LogP contribution in [0.25, 0.3) is 0 Å². The van der Waals surface area contributed by atoms with E-state index in [2.05, 4.69) is 4.18 Å². The van der Waals surface area contributed by atoms with Gasteiger partial charge in [-0.25, -0.2) is 25.3 Å². The van der Waals surface area contributed by atoms with Gasteiger partial charge < -0.3 is 0 Å². The van der Waals surface area contributed by atoms with Gasteiger partial charge in [0.25, 0.3) is 10.1 Å². The normalized spacial score (nSPS) is 14.3. The molecule has 0 aromatic rings. The van der Waals surface area contributed by atoms with Gasteiger partial charge in [-0.3, -0.25) is 4.18 Å². The lowest BCUT2D eigenvalue weighted by Crippen LogP contribution is -2.53. The van der Waals surface area contributed by atoms with Crippen molar-refractivity contribution in [1.82, 2.24) is 8.23 Å². The van der Waals surface area contributed by atoms with Crippen molar-refractivity contribution in [1.29, 1.82) is 0 Å². The van der Waals surface area contributed by atoms with E-state index in [-0.39, 0.29) is 14.7 Å². The molecule has 0 saturated heterocycles. The molecule has 0 N–H and O–H groups in total. The van der Waals surface area contributed by atoms with E-state index in [9.17, 15) is 33.7 Å². The number of sulfonamides is 3. The average molecular weight is 445 g/mol. The van der Waals surface area contributed by atoms with E-state index >= 15 is 0 Å².